The first-order chi connectivity index (χ1) is 37.2. The monoisotopic (exact) mass is 1070 g/mol. The van der Waals surface area contributed by atoms with Crippen molar-refractivity contribution >= 4 is 52.2 Å². The molecule has 2 aromatic carbocycles. The largest absolute Gasteiger partial charge is 0.490 e. The lowest BCUT2D eigenvalue weighted by molar-refractivity contribution is -0.172. The fourth-order valence-electron chi connectivity index (χ4n) is 11.7. The number of hydrogen-bond donors (Lipinski definition) is 2. The van der Waals surface area contributed by atoms with Crippen LogP contribution in [0.25, 0.3) is 22.3 Å². The van der Waals surface area contributed by atoms with Crippen LogP contribution in [0.2, 0.25) is 5.02 Å². The molecule has 2 N–H and O–H groups in total. The van der Waals surface area contributed by atoms with Crippen molar-refractivity contribution in [2.45, 2.75) is 96.2 Å². The summed E-state index contributed by atoms with van der Waals surface area (Å²) in [7, 11) is 2.02. The number of esters is 1. The van der Waals surface area contributed by atoms with Crippen LogP contribution >= 0.6 is 11.6 Å². The third-order valence-corrected chi connectivity index (χ3v) is 17.1. The number of carbonyl (C=O) groups is 4. The Hall–Kier alpha value is -7.18. The van der Waals surface area contributed by atoms with E-state index in [1.807, 2.05) is 37.1 Å². The molecule has 21 heteroatoms. The molecule has 1 aliphatic carbocycles. The summed E-state index contributed by atoms with van der Waals surface area (Å²) in [5.41, 5.74) is 2.90. The molecule has 0 bridgehead atoms. The number of benzene rings is 2. The number of amides is 3. The highest BCUT2D eigenvalue weighted by Crippen LogP contribution is 2.41. The summed E-state index contributed by atoms with van der Waals surface area (Å²) in [6.45, 7) is 10.0. The number of ether oxygens (including phenoxy) is 3. The summed E-state index contributed by atoms with van der Waals surface area (Å²) in [5.74, 6) is 0.691. The number of nitriles is 1. The van der Waals surface area contributed by atoms with Crippen molar-refractivity contribution in [2.24, 2.45) is 5.92 Å². The van der Waals surface area contributed by atoms with Crippen LogP contribution in [0.1, 0.15) is 95.7 Å². The number of anilines is 1. The van der Waals surface area contributed by atoms with Crippen molar-refractivity contribution in [3.63, 3.8) is 0 Å². The van der Waals surface area contributed by atoms with Gasteiger partial charge in [-0.1, -0.05) is 18.5 Å². The maximum absolute atomic E-state index is 14.1. The Morgan fingerprint density at radius 2 is 1.62 bits per heavy atom. The van der Waals surface area contributed by atoms with Gasteiger partial charge in [0, 0.05) is 112 Å². The van der Waals surface area contributed by atoms with Crippen molar-refractivity contribution in [1.82, 2.24) is 44.7 Å². The van der Waals surface area contributed by atoms with E-state index in [9.17, 15) is 34.3 Å². The van der Waals surface area contributed by atoms with E-state index in [4.69, 9.17) is 30.8 Å². The van der Waals surface area contributed by atoms with Crippen LogP contribution in [0.3, 0.4) is 0 Å². The van der Waals surface area contributed by atoms with Gasteiger partial charge in [-0.15, -0.1) is 10.2 Å². The number of nitrogens with one attached hydrogen (secondary N) is 1. The Labute approximate surface area is 450 Å². The number of aromatic nitrogens is 4. The molecule has 0 spiro atoms. The minimum absolute atomic E-state index is 0.0194. The number of nitrogens with zero attached hydrogens (tertiary/aromatic N) is 10. The summed E-state index contributed by atoms with van der Waals surface area (Å²) in [5, 5.41) is 33.7. The van der Waals surface area contributed by atoms with E-state index in [0.717, 1.165) is 60.8 Å². The molecule has 1 saturated carbocycles. The number of pyridine rings is 2. The van der Waals surface area contributed by atoms with Crippen LogP contribution in [-0.4, -0.2) is 153 Å². The first kappa shape index (κ1) is 51.9. The number of cyclic esters (lactones) is 1. The summed E-state index contributed by atoms with van der Waals surface area (Å²) < 4.78 is 19.3. The highest BCUT2D eigenvalue weighted by Gasteiger charge is 2.45. The van der Waals surface area contributed by atoms with Crippen molar-refractivity contribution in [1.29, 1.82) is 5.26 Å². The second kappa shape index (κ2) is 21.3. The SMILES string of the molecule is CC[C@@]1(O)C(=O)OCc2c1cc1n(c2=O)Cc2cc3c(CN4CCN(C(=O)C5CCN(c6ccc(C(=O)NC7CCC(Oc8ccc(C#N)c(Cl)c8C)CC7)nn6)CC5)CC4)c(OC(=O)N4CCN(C)CC4)ccc3nc2-1. The van der Waals surface area contributed by atoms with E-state index >= 15 is 0 Å². The molecule has 6 aliphatic rings. The van der Waals surface area contributed by atoms with Gasteiger partial charge < -0.3 is 48.8 Å². The van der Waals surface area contributed by atoms with Crippen LogP contribution in [-0.2, 0) is 39.6 Å². The molecular weight excluding hydrogens is 1010 g/mol. The Morgan fingerprint density at radius 1 is 0.896 bits per heavy atom. The van der Waals surface area contributed by atoms with E-state index in [-0.39, 0.29) is 71.8 Å². The maximum Gasteiger partial charge on any atom is 0.415 e. The van der Waals surface area contributed by atoms with Gasteiger partial charge in [-0.05, 0) is 107 Å². The van der Waals surface area contributed by atoms with Crippen molar-refractivity contribution in [3.8, 4) is 29.0 Å². The van der Waals surface area contributed by atoms with Gasteiger partial charge in [0.1, 0.15) is 24.2 Å². The smallest absolute Gasteiger partial charge is 0.415 e. The normalized spacial score (nSPS) is 21.9. The molecule has 0 radical (unpaired) electrons. The van der Waals surface area contributed by atoms with Crippen LogP contribution in [0, 0.1) is 24.2 Å². The molecule has 3 amide bonds. The van der Waals surface area contributed by atoms with Crippen molar-refractivity contribution < 1.29 is 38.5 Å². The molecule has 402 valence electrons. The average molecular weight is 1070 g/mol. The molecule has 20 nitrogen and oxygen atoms in total. The first-order valence-electron chi connectivity index (χ1n) is 26.7. The number of piperazine rings is 2. The molecule has 3 saturated heterocycles. The molecule has 5 aliphatic heterocycles. The lowest BCUT2D eigenvalue weighted by atomic mass is 9.86. The standard InChI is InChI=1S/C56H62ClN11O9/c1-4-56(74)42-28-45-50-36(30-68(45)53(71)41(42)32-75-54(56)72)27-39-40(47(13-10-43(39)60-50)77-55(73)67-23-19-63(3)20-24-67)31-64-21-25-66(26-22-64)52(70)34-15-17-65(18-16-34)48-14-11-44(61-62-48)51(69)59-37-6-8-38(9-7-37)76-46-12-5-35(29-58)49(57)33(46)2/h5,10-14,27-28,34,37-38,74H,4,6-9,15-26,30-32H2,1-3H3,(H,59,69)/t37?,38?,56-/m0/s1. The van der Waals surface area contributed by atoms with E-state index in [1.165, 1.54) is 0 Å². The van der Waals surface area contributed by atoms with E-state index in [2.05, 4.69) is 36.3 Å². The highest BCUT2D eigenvalue weighted by molar-refractivity contribution is 6.32. The average Bonchev–Trinajstić information content (AvgIpc) is 3.93. The van der Waals surface area contributed by atoms with Crippen LogP contribution in [0.5, 0.6) is 11.5 Å². The van der Waals surface area contributed by atoms with Gasteiger partial charge in [0.2, 0.25) is 5.91 Å². The first-order valence-corrected chi connectivity index (χ1v) is 27.1. The zero-order valence-corrected chi connectivity index (χ0v) is 44.3. The number of hydrogen-bond acceptors (Lipinski definition) is 16. The number of rotatable bonds is 10. The topological polar surface area (TPSA) is 229 Å². The molecule has 11 rings (SSSR count). The Kier molecular flexibility index (Phi) is 14.4. The number of fused-ring (bicyclic) bond motifs is 5. The maximum atomic E-state index is 14.1. The Morgan fingerprint density at radius 3 is 2.32 bits per heavy atom. The van der Waals surface area contributed by atoms with E-state index < -0.39 is 17.7 Å². The highest BCUT2D eigenvalue weighted by atomic mass is 35.5. The lowest BCUT2D eigenvalue weighted by Gasteiger charge is -2.39. The second-order valence-electron chi connectivity index (χ2n) is 21.2. The summed E-state index contributed by atoms with van der Waals surface area (Å²) >= 11 is 6.34. The quantitative estimate of drug-likeness (QED) is 0.170. The fourth-order valence-corrected chi connectivity index (χ4v) is 11.9. The molecule has 5 aromatic rings. The molecule has 4 fully saturated rings. The Balaban J connectivity index is 0.705. The summed E-state index contributed by atoms with van der Waals surface area (Å²) in [6.07, 6.45) is 3.93. The predicted octanol–water partition coefficient (Wildman–Crippen LogP) is 5.13. The zero-order valence-electron chi connectivity index (χ0n) is 43.6. The number of carbonyl (C=O) groups excluding carboxylic acids is 4. The predicted molar refractivity (Wildman–Crippen MR) is 283 cm³/mol. The second-order valence-corrected chi connectivity index (χ2v) is 21.6. The van der Waals surface area contributed by atoms with Crippen molar-refractivity contribution in [3.05, 3.63) is 103 Å². The van der Waals surface area contributed by atoms with E-state index in [1.54, 1.807) is 46.7 Å². The third-order valence-electron chi connectivity index (χ3n) is 16.6. The van der Waals surface area contributed by atoms with Gasteiger partial charge in [-0.25, -0.2) is 14.6 Å². The van der Waals surface area contributed by atoms with Crippen LogP contribution in [0.15, 0.2) is 53.3 Å². The number of aliphatic hydroxyl groups is 1. The van der Waals surface area contributed by atoms with Gasteiger partial charge >= 0.3 is 12.1 Å². The molecule has 77 heavy (non-hydrogen) atoms. The molecular formula is C56H62ClN11O9. The number of halogens is 1. The minimum atomic E-state index is -1.94. The van der Waals surface area contributed by atoms with E-state index in [0.29, 0.717) is 117 Å². The summed E-state index contributed by atoms with van der Waals surface area (Å²) in [6, 6.07) is 16.3. The number of piperidine rings is 1. The molecule has 0 unspecified atom stereocenters. The Bertz CT molecular complexity index is 3260. The van der Waals surface area contributed by atoms with Crippen molar-refractivity contribution in [2.75, 3.05) is 77.4 Å². The number of likely N-dealkylation sites (N-methyl/N-ethyl adjacent to an activating group) is 1. The summed E-state index contributed by atoms with van der Waals surface area (Å²) in [4.78, 5) is 83.0. The minimum Gasteiger partial charge on any atom is -0.490 e. The molecule has 8 heterocycles. The van der Waals surface area contributed by atoms with Crippen LogP contribution in [0.4, 0.5) is 10.6 Å². The van der Waals surface area contributed by atoms with Gasteiger partial charge in [0.15, 0.2) is 17.1 Å². The lowest BCUT2D eigenvalue weighted by Crippen LogP contribution is -2.51. The zero-order chi connectivity index (χ0) is 53.7. The van der Waals surface area contributed by atoms with Gasteiger partial charge in [-0.3, -0.25) is 19.3 Å². The van der Waals surface area contributed by atoms with Gasteiger partial charge in [0.05, 0.1) is 45.7 Å². The molecule has 1 atom stereocenters. The van der Waals surface area contributed by atoms with Gasteiger partial charge in [0.25, 0.3) is 11.5 Å². The van der Waals surface area contributed by atoms with Gasteiger partial charge in [-0.2, -0.15) is 5.26 Å². The fraction of sp³-hybridized carbons (Fsp3) is 0.482. The van der Waals surface area contributed by atoms with Crippen LogP contribution < -0.4 is 25.2 Å². The third kappa shape index (κ3) is 10.1. The molecule has 3 aromatic heterocycles.